The highest BCUT2D eigenvalue weighted by atomic mass is 79.9. The molecule has 0 saturated heterocycles. The number of aromatic nitrogens is 1. The lowest BCUT2D eigenvalue weighted by molar-refractivity contribution is 0.102. The minimum atomic E-state index is -0.236. The van der Waals surface area contributed by atoms with Crippen molar-refractivity contribution in [3.05, 3.63) is 51.0 Å². The minimum Gasteiger partial charge on any atom is -0.397 e. The molecule has 4 nitrogen and oxygen atoms in total. The number of nitrogen functional groups attached to an aromatic ring is 1. The first-order chi connectivity index (χ1) is 8.56. The molecule has 1 aromatic heterocycles. The monoisotopic (exact) mass is 369 g/mol. The number of carbonyl (C=O) groups excluding carboxylic acids is 1. The first kappa shape index (κ1) is 13.0. The van der Waals surface area contributed by atoms with Gasteiger partial charge in [0.2, 0.25) is 0 Å². The van der Waals surface area contributed by atoms with Crippen molar-refractivity contribution in [2.45, 2.75) is 0 Å². The van der Waals surface area contributed by atoms with Gasteiger partial charge in [-0.25, -0.2) is 4.98 Å². The Hall–Kier alpha value is -1.40. The molecule has 6 heteroatoms. The van der Waals surface area contributed by atoms with Gasteiger partial charge in [0, 0.05) is 8.95 Å². The highest BCUT2D eigenvalue weighted by Crippen LogP contribution is 2.22. The van der Waals surface area contributed by atoms with Gasteiger partial charge in [0.1, 0.15) is 5.82 Å². The molecule has 1 amide bonds. The van der Waals surface area contributed by atoms with Gasteiger partial charge < -0.3 is 11.1 Å². The maximum Gasteiger partial charge on any atom is 0.258 e. The van der Waals surface area contributed by atoms with Crippen molar-refractivity contribution in [3.8, 4) is 0 Å². The third-order valence-electron chi connectivity index (χ3n) is 2.20. The Morgan fingerprint density at radius 3 is 2.67 bits per heavy atom. The molecular formula is C12H9Br2N3O. The third kappa shape index (κ3) is 3.08. The molecule has 3 N–H and O–H groups in total. The quantitative estimate of drug-likeness (QED) is 0.850. The highest BCUT2D eigenvalue weighted by Gasteiger charge is 2.11. The number of hydrogen-bond acceptors (Lipinski definition) is 3. The second-order valence-electron chi connectivity index (χ2n) is 3.56. The Labute approximate surface area is 121 Å². The largest absolute Gasteiger partial charge is 0.397 e. The van der Waals surface area contributed by atoms with Crippen LogP contribution >= 0.6 is 31.9 Å². The molecule has 0 saturated carbocycles. The lowest BCUT2D eigenvalue weighted by Gasteiger charge is -2.06. The number of nitrogens with zero attached hydrogens (tertiary/aromatic N) is 1. The number of nitrogens with two attached hydrogens (primary N) is 1. The molecule has 0 atom stereocenters. The fourth-order valence-electron chi connectivity index (χ4n) is 1.33. The van der Waals surface area contributed by atoms with Crippen LogP contribution in [-0.4, -0.2) is 10.9 Å². The van der Waals surface area contributed by atoms with E-state index in [0.717, 1.165) is 8.95 Å². The maximum absolute atomic E-state index is 12.0. The highest BCUT2D eigenvalue weighted by molar-refractivity contribution is 9.11. The minimum absolute atomic E-state index is 0.236. The predicted molar refractivity (Wildman–Crippen MR) is 78.4 cm³/mol. The molecule has 2 aromatic rings. The molecule has 0 aliphatic carbocycles. The van der Waals surface area contributed by atoms with E-state index in [1.807, 2.05) is 6.07 Å². The summed E-state index contributed by atoms with van der Waals surface area (Å²) in [4.78, 5) is 16.1. The average molecular weight is 371 g/mol. The smallest absolute Gasteiger partial charge is 0.258 e. The fourth-order valence-corrected chi connectivity index (χ4v) is 2.12. The van der Waals surface area contributed by atoms with E-state index in [9.17, 15) is 4.79 Å². The third-order valence-corrected chi connectivity index (χ3v) is 3.39. The van der Waals surface area contributed by atoms with E-state index >= 15 is 0 Å². The Balaban J connectivity index is 2.21. The van der Waals surface area contributed by atoms with E-state index < -0.39 is 0 Å². The van der Waals surface area contributed by atoms with Crippen molar-refractivity contribution in [2.75, 3.05) is 11.1 Å². The number of pyridine rings is 1. The Kier molecular flexibility index (Phi) is 3.98. The van der Waals surface area contributed by atoms with Gasteiger partial charge >= 0.3 is 0 Å². The lowest BCUT2D eigenvalue weighted by atomic mass is 10.2. The van der Waals surface area contributed by atoms with Gasteiger partial charge in [-0.15, -0.1) is 0 Å². The normalized spacial score (nSPS) is 10.1. The number of halogens is 2. The number of carbonyl (C=O) groups is 1. The van der Waals surface area contributed by atoms with Gasteiger partial charge in [-0.3, -0.25) is 4.79 Å². The summed E-state index contributed by atoms with van der Waals surface area (Å²) in [6.07, 6.45) is 1.49. The zero-order valence-electron chi connectivity index (χ0n) is 9.15. The van der Waals surface area contributed by atoms with Crippen molar-refractivity contribution in [2.24, 2.45) is 0 Å². The topological polar surface area (TPSA) is 68.0 Å². The van der Waals surface area contributed by atoms with Crippen LogP contribution in [-0.2, 0) is 0 Å². The Morgan fingerprint density at radius 1 is 1.22 bits per heavy atom. The average Bonchev–Trinajstić information content (AvgIpc) is 2.35. The zero-order chi connectivity index (χ0) is 13.1. The molecule has 0 bridgehead atoms. The van der Waals surface area contributed by atoms with E-state index in [-0.39, 0.29) is 5.91 Å². The number of benzene rings is 1. The fraction of sp³-hybridized carbons (Fsp3) is 0. The molecule has 0 spiro atoms. The van der Waals surface area contributed by atoms with Crippen LogP contribution in [0.1, 0.15) is 10.4 Å². The van der Waals surface area contributed by atoms with Gasteiger partial charge in [-0.05, 0) is 46.3 Å². The van der Waals surface area contributed by atoms with E-state index in [1.54, 1.807) is 24.3 Å². The molecule has 2 rings (SSSR count). The molecule has 0 radical (unpaired) electrons. The summed E-state index contributed by atoms with van der Waals surface area (Å²) < 4.78 is 1.56. The van der Waals surface area contributed by atoms with Crippen molar-refractivity contribution < 1.29 is 4.79 Å². The lowest BCUT2D eigenvalue weighted by Crippen LogP contribution is -2.13. The second kappa shape index (κ2) is 5.49. The number of anilines is 2. The summed E-state index contributed by atoms with van der Waals surface area (Å²) in [6, 6.07) is 8.71. The van der Waals surface area contributed by atoms with Crippen LogP contribution in [0.5, 0.6) is 0 Å². The number of nitrogens with one attached hydrogen (secondary N) is 1. The molecule has 1 aromatic carbocycles. The van der Waals surface area contributed by atoms with Crippen molar-refractivity contribution >= 4 is 49.3 Å². The van der Waals surface area contributed by atoms with Crippen LogP contribution in [0.25, 0.3) is 0 Å². The first-order valence-corrected chi connectivity index (χ1v) is 6.63. The van der Waals surface area contributed by atoms with Crippen LogP contribution in [0.2, 0.25) is 0 Å². The summed E-state index contributed by atoms with van der Waals surface area (Å²) >= 11 is 6.66. The van der Waals surface area contributed by atoms with Crippen LogP contribution < -0.4 is 11.1 Å². The number of rotatable bonds is 2. The second-order valence-corrected chi connectivity index (χ2v) is 5.33. The molecule has 18 heavy (non-hydrogen) atoms. The molecule has 1 heterocycles. The Morgan fingerprint density at radius 2 is 2.00 bits per heavy atom. The predicted octanol–water partition coefficient (Wildman–Crippen LogP) is 3.44. The van der Waals surface area contributed by atoms with Crippen molar-refractivity contribution in [3.63, 3.8) is 0 Å². The van der Waals surface area contributed by atoms with E-state index in [0.29, 0.717) is 17.1 Å². The Bertz CT molecular complexity index is 584. The molecule has 92 valence electrons. The molecule has 0 fully saturated rings. The van der Waals surface area contributed by atoms with Crippen molar-refractivity contribution in [1.29, 1.82) is 0 Å². The molecule has 0 aliphatic rings. The van der Waals surface area contributed by atoms with Crippen LogP contribution in [0.4, 0.5) is 11.5 Å². The van der Waals surface area contributed by atoms with Crippen LogP contribution in [0, 0.1) is 0 Å². The van der Waals surface area contributed by atoms with Crippen LogP contribution in [0.3, 0.4) is 0 Å². The van der Waals surface area contributed by atoms with Crippen molar-refractivity contribution in [1.82, 2.24) is 4.98 Å². The molecule has 0 aliphatic heterocycles. The summed E-state index contributed by atoms with van der Waals surface area (Å²) in [7, 11) is 0. The standard InChI is InChI=1S/C12H9Br2N3O/c13-7-1-3-10(14)9(5-7)12(18)17-11-4-2-8(15)6-16-11/h1-6H,15H2,(H,16,17,18). The van der Waals surface area contributed by atoms with E-state index in [4.69, 9.17) is 5.73 Å². The summed E-state index contributed by atoms with van der Waals surface area (Å²) in [5.74, 6) is 0.224. The maximum atomic E-state index is 12.0. The van der Waals surface area contributed by atoms with Crippen LogP contribution in [0.15, 0.2) is 45.5 Å². The SMILES string of the molecule is Nc1ccc(NC(=O)c2cc(Br)ccc2Br)nc1. The number of hydrogen-bond donors (Lipinski definition) is 2. The number of amides is 1. The van der Waals surface area contributed by atoms with Gasteiger partial charge in [0.25, 0.3) is 5.91 Å². The zero-order valence-corrected chi connectivity index (χ0v) is 12.3. The van der Waals surface area contributed by atoms with Gasteiger partial charge in [0.15, 0.2) is 0 Å². The molecular weight excluding hydrogens is 362 g/mol. The van der Waals surface area contributed by atoms with Gasteiger partial charge in [-0.1, -0.05) is 15.9 Å². The van der Waals surface area contributed by atoms with Gasteiger partial charge in [-0.2, -0.15) is 0 Å². The van der Waals surface area contributed by atoms with E-state index in [2.05, 4.69) is 42.2 Å². The van der Waals surface area contributed by atoms with Gasteiger partial charge in [0.05, 0.1) is 17.4 Å². The summed E-state index contributed by atoms with van der Waals surface area (Å²) in [5, 5.41) is 2.70. The molecule has 0 unspecified atom stereocenters. The first-order valence-electron chi connectivity index (χ1n) is 5.04. The summed E-state index contributed by atoms with van der Waals surface area (Å²) in [6.45, 7) is 0. The summed E-state index contributed by atoms with van der Waals surface area (Å²) in [5.41, 5.74) is 6.61. The van der Waals surface area contributed by atoms with E-state index in [1.165, 1.54) is 6.20 Å².